The molecule has 1 aromatic heterocycles. The number of amides is 1. The maximum absolute atomic E-state index is 12.4. The van der Waals surface area contributed by atoms with Gasteiger partial charge in [0.2, 0.25) is 5.96 Å². The van der Waals surface area contributed by atoms with Gasteiger partial charge in [-0.3, -0.25) is 20.5 Å². The second kappa shape index (κ2) is 7.31. The van der Waals surface area contributed by atoms with Gasteiger partial charge >= 0.3 is 0 Å². The number of aromatic nitrogens is 1. The van der Waals surface area contributed by atoms with Gasteiger partial charge in [0.05, 0.1) is 12.2 Å². The largest absolute Gasteiger partial charge is 0.370 e. The fourth-order valence-corrected chi connectivity index (χ4v) is 3.62. The summed E-state index contributed by atoms with van der Waals surface area (Å²) in [7, 11) is 1.66. The van der Waals surface area contributed by atoms with Crippen LogP contribution in [0.3, 0.4) is 0 Å². The zero-order valence-corrected chi connectivity index (χ0v) is 14.6. The molecule has 0 saturated carbocycles. The molecule has 5 N–H and O–H groups in total. The summed E-state index contributed by atoms with van der Waals surface area (Å²) in [5.41, 5.74) is 6.94. The van der Waals surface area contributed by atoms with Crippen molar-refractivity contribution in [3.8, 4) is 0 Å². The highest BCUT2D eigenvalue weighted by Crippen LogP contribution is 2.28. The molecule has 0 bridgehead atoms. The highest BCUT2D eigenvalue weighted by Gasteiger charge is 2.24. The van der Waals surface area contributed by atoms with E-state index in [2.05, 4.69) is 20.6 Å². The average Bonchev–Trinajstić information content (AvgIpc) is 3.00. The van der Waals surface area contributed by atoms with Crippen molar-refractivity contribution in [3.63, 3.8) is 0 Å². The Labute approximate surface area is 149 Å². The maximum Gasteiger partial charge on any atom is 0.257 e. The molecule has 1 aliphatic heterocycles. The molecule has 0 radical (unpaired) electrons. The van der Waals surface area contributed by atoms with Gasteiger partial charge in [-0.2, -0.15) is 0 Å². The number of nitrogens with zero attached hydrogens (tertiary/aromatic N) is 3. The van der Waals surface area contributed by atoms with E-state index >= 15 is 0 Å². The molecule has 9 heteroatoms. The number of carbonyl (C=O) groups excluding carboxylic acids is 1. The number of carbonyl (C=O) groups is 1. The van der Waals surface area contributed by atoms with E-state index in [4.69, 9.17) is 11.1 Å². The third-order valence-corrected chi connectivity index (χ3v) is 4.74. The summed E-state index contributed by atoms with van der Waals surface area (Å²) in [4.78, 5) is 24.1. The third-order valence-electron chi connectivity index (χ3n) is 3.75. The van der Waals surface area contributed by atoms with Crippen molar-refractivity contribution in [3.05, 3.63) is 46.5 Å². The van der Waals surface area contributed by atoms with Gasteiger partial charge in [0, 0.05) is 30.5 Å². The normalized spacial score (nSPS) is 14.0. The van der Waals surface area contributed by atoms with Gasteiger partial charge in [-0.15, -0.1) is 0 Å². The van der Waals surface area contributed by atoms with Crippen LogP contribution >= 0.6 is 11.3 Å². The van der Waals surface area contributed by atoms with Gasteiger partial charge in [0.25, 0.3) is 5.91 Å². The molecule has 0 spiro atoms. The van der Waals surface area contributed by atoms with E-state index in [0.717, 1.165) is 17.0 Å². The molecular formula is C16H19N7OS. The van der Waals surface area contributed by atoms with Crippen LogP contribution in [0.4, 0.5) is 5.13 Å². The zero-order valence-electron chi connectivity index (χ0n) is 13.7. The van der Waals surface area contributed by atoms with Crippen LogP contribution in [-0.2, 0) is 13.0 Å². The minimum atomic E-state index is -0.185. The number of thiazole rings is 1. The van der Waals surface area contributed by atoms with Crippen molar-refractivity contribution < 1.29 is 4.79 Å². The molecule has 2 aromatic rings. The maximum atomic E-state index is 12.4. The van der Waals surface area contributed by atoms with E-state index in [1.165, 1.54) is 11.3 Å². The molecule has 1 aromatic carbocycles. The van der Waals surface area contributed by atoms with Crippen LogP contribution in [0.15, 0.2) is 35.3 Å². The Morgan fingerprint density at radius 1 is 1.40 bits per heavy atom. The lowest BCUT2D eigenvalue weighted by atomic mass is 10.2. The Balaban J connectivity index is 1.70. The SMILES string of the molecule is CN=C(NC(=O)c1ccccc1)N1CCc2nc(NC(=N)N)sc2C1. The van der Waals surface area contributed by atoms with E-state index in [0.29, 0.717) is 29.7 Å². The Bertz CT molecular complexity index is 815. The topological polar surface area (TPSA) is 119 Å². The Hall–Kier alpha value is -2.94. The van der Waals surface area contributed by atoms with E-state index in [1.807, 2.05) is 23.1 Å². The van der Waals surface area contributed by atoms with Crippen LogP contribution in [0.2, 0.25) is 0 Å². The summed E-state index contributed by atoms with van der Waals surface area (Å²) >= 11 is 1.46. The van der Waals surface area contributed by atoms with Crippen molar-refractivity contribution in [2.24, 2.45) is 10.7 Å². The Morgan fingerprint density at radius 2 is 2.16 bits per heavy atom. The smallest absolute Gasteiger partial charge is 0.257 e. The second-order valence-corrected chi connectivity index (χ2v) is 6.55. The van der Waals surface area contributed by atoms with Crippen LogP contribution in [0.1, 0.15) is 20.9 Å². The molecule has 1 amide bonds. The van der Waals surface area contributed by atoms with Crippen LogP contribution in [0.5, 0.6) is 0 Å². The number of aliphatic imine (C=N–C) groups is 1. The summed E-state index contributed by atoms with van der Waals surface area (Å²) < 4.78 is 0. The average molecular weight is 357 g/mol. The van der Waals surface area contributed by atoms with Gasteiger partial charge in [0.1, 0.15) is 0 Å². The molecule has 130 valence electrons. The van der Waals surface area contributed by atoms with Crippen molar-refractivity contribution in [1.82, 2.24) is 15.2 Å². The van der Waals surface area contributed by atoms with Crippen LogP contribution in [0.25, 0.3) is 0 Å². The number of hydrogen-bond donors (Lipinski definition) is 4. The molecule has 2 heterocycles. The standard InChI is InChI=1S/C16H19N7OS/c1-19-15(21-13(24)10-5-3-2-4-6-10)23-8-7-11-12(9-23)25-16(20-11)22-14(17)18/h2-6H,7-9H2,1H3,(H,19,21,24)(H4,17,18,20,22). The molecule has 1 aliphatic rings. The van der Waals surface area contributed by atoms with Crippen LogP contribution in [-0.4, -0.2) is 41.3 Å². The Kier molecular flexibility index (Phi) is 4.94. The summed E-state index contributed by atoms with van der Waals surface area (Å²) in [6.45, 7) is 1.31. The van der Waals surface area contributed by atoms with Crippen molar-refractivity contribution >= 4 is 34.3 Å². The van der Waals surface area contributed by atoms with E-state index in [-0.39, 0.29) is 11.9 Å². The first-order valence-electron chi connectivity index (χ1n) is 7.74. The molecular weight excluding hydrogens is 338 g/mol. The quantitative estimate of drug-likeness (QED) is 0.476. The minimum absolute atomic E-state index is 0.131. The number of rotatable bonds is 2. The molecule has 8 nitrogen and oxygen atoms in total. The lowest BCUT2D eigenvalue weighted by Gasteiger charge is -2.28. The fourth-order valence-electron chi connectivity index (χ4n) is 2.58. The molecule has 3 rings (SSSR count). The second-order valence-electron chi connectivity index (χ2n) is 5.47. The third kappa shape index (κ3) is 3.94. The lowest BCUT2D eigenvalue weighted by molar-refractivity contribution is 0.0971. The summed E-state index contributed by atoms with van der Waals surface area (Å²) in [6.07, 6.45) is 0.742. The number of guanidine groups is 2. The number of hydrogen-bond acceptors (Lipinski definition) is 5. The number of nitrogens with two attached hydrogens (primary N) is 1. The predicted molar refractivity (Wildman–Crippen MR) is 99.0 cm³/mol. The van der Waals surface area contributed by atoms with Gasteiger partial charge in [-0.05, 0) is 12.1 Å². The lowest BCUT2D eigenvalue weighted by Crippen LogP contribution is -2.46. The minimum Gasteiger partial charge on any atom is -0.370 e. The van der Waals surface area contributed by atoms with Gasteiger partial charge in [0.15, 0.2) is 11.1 Å². The van der Waals surface area contributed by atoms with Crippen molar-refractivity contribution in [2.45, 2.75) is 13.0 Å². The first-order valence-corrected chi connectivity index (χ1v) is 8.56. The number of fused-ring (bicyclic) bond motifs is 1. The van der Waals surface area contributed by atoms with E-state index < -0.39 is 0 Å². The molecule has 0 atom stereocenters. The fraction of sp³-hybridized carbons (Fsp3) is 0.250. The highest BCUT2D eigenvalue weighted by atomic mass is 32.1. The highest BCUT2D eigenvalue weighted by molar-refractivity contribution is 7.15. The van der Waals surface area contributed by atoms with Crippen molar-refractivity contribution in [2.75, 3.05) is 18.9 Å². The number of anilines is 1. The zero-order chi connectivity index (χ0) is 17.8. The van der Waals surface area contributed by atoms with Crippen LogP contribution < -0.4 is 16.4 Å². The van der Waals surface area contributed by atoms with E-state index in [1.54, 1.807) is 19.2 Å². The monoisotopic (exact) mass is 357 g/mol. The van der Waals surface area contributed by atoms with Crippen molar-refractivity contribution in [1.29, 1.82) is 5.41 Å². The first-order chi connectivity index (χ1) is 12.1. The van der Waals surface area contributed by atoms with Gasteiger partial charge < -0.3 is 16.0 Å². The summed E-state index contributed by atoms with van der Waals surface area (Å²) in [5.74, 6) is 0.220. The number of nitrogens with one attached hydrogen (secondary N) is 3. The first kappa shape index (κ1) is 16.9. The van der Waals surface area contributed by atoms with Crippen LogP contribution in [0, 0.1) is 5.41 Å². The van der Waals surface area contributed by atoms with Gasteiger partial charge in [-0.25, -0.2) is 4.98 Å². The summed E-state index contributed by atoms with van der Waals surface area (Å²) in [6, 6.07) is 9.05. The molecule has 0 aliphatic carbocycles. The molecule has 0 saturated heterocycles. The molecule has 0 fully saturated rings. The predicted octanol–water partition coefficient (Wildman–Crippen LogP) is 1.22. The number of benzene rings is 1. The molecule has 0 unspecified atom stereocenters. The van der Waals surface area contributed by atoms with Gasteiger partial charge in [-0.1, -0.05) is 29.5 Å². The Morgan fingerprint density at radius 3 is 2.84 bits per heavy atom. The summed E-state index contributed by atoms with van der Waals surface area (Å²) in [5, 5.41) is 13.5. The van der Waals surface area contributed by atoms with E-state index in [9.17, 15) is 4.79 Å². The molecule has 25 heavy (non-hydrogen) atoms.